The molecule has 24 heavy (non-hydrogen) atoms. The fraction of sp³-hybridized carbons (Fsp3) is 0.400. The number of aliphatic hydroxyl groups is 2. The second-order valence-electron chi connectivity index (χ2n) is 3.91. The van der Waals surface area contributed by atoms with Gasteiger partial charge in [-0.15, -0.1) is 0 Å². The normalized spacial score (nSPS) is 9.21. The molecule has 0 aliphatic carbocycles. The largest absolute Gasteiger partial charge is 0.478 e. The molecule has 0 aliphatic rings. The van der Waals surface area contributed by atoms with Gasteiger partial charge >= 0.3 is 17.9 Å². The molecule has 0 heterocycles. The van der Waals surface area contributed by atoms with Crippen LogP contribution in [0.15, 0.2) is 37.0 Å². The van der Waals surface area contributed by atoms with Gasteiger partial charge in [-0.2, -0.15) is 0 Å². The van der Waals surface area contributed by atoms with Crippen molar-refractivity contribution in [3.05, 3.63) is 37.0 Å². The van der Waals surface area contributed by atoms with Crippen LogP contribution in [-0.2, 0) is 19.1 Å². The predicted molar refractivity (Wildman–Crippen MR) is 87.5 cm³/mol. The molecule has 9 heteroatoms. The molecule has 140 valence electrons. The summed E-state index contributed by atoms with van der Waals surface area (Å²) in [4.78, 5) is 28.4. The molecule has 0 saturated heterocycles. The zero-order valence-corrected chi connectivity index (χ0v) is 14.1. The Morgan fingerprint density at radius 1 is 1.04 bits per heavy atom. The smallest absolute Gasteiger partial charge is 0.330 e. The Balaban J connectivity index is -0.000000112. The summed E-state index contributed by atoms with van der Waals surface area (Å²) in [7, 11) is 0. The summed E-state index contributed by atoms with van der Waals surface area (Å²) >= 11 is 0. The number of aliphatic hydroxyl groups excluding tert-OH is 2. The molecule has 1 unspecified atom stereocenters. The first-order valence-corrected chi connectivity index (χ1v) is 6.36. The molecule has 1 atom stereocenters. The minimum atomic E-state index is -0.981. The Bertz CT molecular complexity index is 363. The lowest BCUT2D eigenvalue weighted by Gasteiger charge is -2.01. The van der Waals surface area contributed by atoms with Crippen LogP contribution in [0.5, 0.6) is 0 Å². The molecule has 0 spiro atoms. The van der Waals surface area contributed by atoms with Crippen molar-refractivity contribution in [1.82, 2.24) is 0 Å². The number of aliphatic carboxylic acids is 3. The van der Waals surface area contributed by atoms with Gasteiger partial charge in [0, 0.05) is 17.2 Å². The number of ether oxygens (including phenoxy) is 1. The number of rotatable bonds is 6. The van der Waals surface area contributed by atoms with Gasteiger partial charge in [0.05, 0.1) is 13.2 Å². The molecule has 0 aromatic heterocycles. The third kappa shape index (κ3) is 50.5. The Morgan fingerprint density at radius 3 is 1.33 bits per heavy atom. The van der Waals surface area contributed by atoms with E-state index in [4.69, 9.17) is 25.5 Å². The van der Waals surface area contributed by atoms with E-state index < -0.39 is 24.2 Å². The van der Waals surface area contributed by atoms with Crippen molar-refractivity contribution in [1.29, 1.82) is 0 Å². The molecule has 0 aromatic rings. The lowest BCUT2D eigenvalue weighted by molar-refractivity contribution is -0.133. The average Bonchev–Trinajstić information content (AvgIpc) is 2.46. The maximum Gasteiger partial charge on any atom is 0.330 e. The number of carboxylic acid groups (broad SMARTS) is 3. The van der Waals surface area contributed by atoms with Crippen LogP contribution in [0, 0.1) is 0 Å². The minimum Gasteiger partial charge on any atom is -0.478 e. The van der Waals surface area contributed by atoms with Crippen LogP contribution < -0.4 is 0 Å². The van der Waals surface area contributed by atoms with Gasteiger partial charge in [0.25, 0.3) is 0 Å². The highest BCUT2D eigenvalue weighted by molar-refractivity contribution is 5.85. The molecule has 0 aliphatic heterocycles. The van der Waals surface area contributed by atoms with Crippen LogP contribution in [0.4, 0.5) is 0 Å². The van der Waals surface area contributed by atoms with E-state index in [9.17, 15) is 14.4 Å². The quantitative estimate of drug-likeness (QED) is 0.346. The summed E-state index contributed by atoms with van der Waals surface area (Å²) in [6.45, 7) is 13.8. The van der Waals surface area contributed by atoms with Crippen LogP contribution in [0.2, 0.25) is 0 Å². The fourth-order valence-corrected chi connectivity index (χ4v) is 0.223. The van der Waals surface area contributed by atoms with Crippen molar-refractivity contribution in [3.8, 4) is 0 Å². The minimum absolute atomic E-state index is 0.0368. The van der Waals surface area contributed by atoms with E-state index in [1.807, 2.05) is 0 Å². The summed E-state index contributed by atoms with van der Waals surface area (Å²) in [5.41, 5.74) is 0.352. The Hall–Kier alpha value is -2.49. The first kappa shape index (κ1) is 29.5. The standard InChI is InChI=1S/C4H10O3.2C4H6O2.C3H4O2/c1-4(6)7-3-2-5;2*1-3(2)4(5)6;1-2-3(4)5/h4-6H,2-3H2,1H3;2*1H2,2H3,(H,5,6);2H,1H2,(H,4,5). The first-order chi connectivity index (χ1) is 10.8. The van der Waals surface area contributed by atoms with Crippen LogP contribution in [0.3, 0.4) is 0 Å². The average molecular weight is 350 g/mol. The summed E-state index contributed by atoms with van der Waals surface area (Å²) < 4.78 is 4.50. The topological polar surface area (TPSA) is 162 Å². The summed E-state index contributed by atoms with van der Waals surface area (Å²) in [6.07, 6.45) is 0.0761. The van der Waals surface area contributed by atoms with Gasteiger partial charge in [0.1, 0.15) is 0 Å². The van der Waals surface area contributed by atoms with Gasteiger partial charge in [-0.3, -0.25) is 0 Å². The molecule has 0 fully saturated rings. The highest BCUT2D eigenvalue weighted by Crippen LogP contribution is 1.81. The van der Waals surface area contributed by atoms with Crippen molar-refractivity contribution in [2.45, 2.75) is 27.1 Å². The maximum absolute atomic E-state index is 9.60. The summed E-state index contributed by atoms with van der Waals surface area (Å²) in [6, 6.07) is 0. The van der Waals surface area contributed by atoms with Crippen LogP contribution in [-0.4, -0.2) is 62.9 Å². The van der Waals surface area contributed by atoms with E-state index in [0.29, 0.717) is 0 Å². The molecule has 9 nitrogen and oxygen atoms in total. The molecule has 0 bridgehead atoms. The molecule has 0 amide bonds. The van der Waals surface area contributed by atoms with E-state index >= 15 is 0 Å². The zero-order chi connectivity index (χ0) is 20.3. The van der Waals surface area contributed by atoms with E-state index in [1.165, 1.54) is 20.8 Å². The van der Waals surface area contributed by atoms with Gasteiger partial charge in [0.2, 0.25) is 0 Å². The molecular formula is C15H26O9. The Labute approximate surface area is 140 Å². The second-order valence-corrected chi connectivity index (χ2v) is 3.91. The van der Waals surface area contributed by atoms with Gasteiger partial charge < -0.3 is 30.3 Å². The molecular weight excluding hydrogens is 324 g/mol. The monoisotopic (exact) mass is 350 g/mol. The number of carbonyl (C=O) groups is 3. The number of carboxylic acids is 3. The maximum atomic E-state index is 9.60. The summed E-state index contributed by atoms with van der Waals surface area (Å²) in [5.74, 6) is -2.85. The Kier molecular flexibility index (Phi) is 25.2. The number of hydrogen-bond donors (Lipinski definition) is 5. The molecule has 0 radical (unpaired) electrons. The SMILES string of the molecule is C=C(C)C(=O)O.C=C(C)C(=O)O.C=CC(=O)O.CC(O)OCCO. The molecule has 0 saturated carbocycles. The lowest BCUT2D eigenvalue weighted by atomic mass is 10.4. The zero-order valence-electron chi connectivity index (χ0n) is 14.1. The second kappa shape index (κ2) is 20.5. The van der Waals surface area contributed by atoms with E-state index in [2.05, 4.69) is 24.5 Å². The molecule has 0 aromatic carbocycles. The van der Waals surface area contributed by atoms with Gasteiger partial charge in [-0.1, -0.05) is 19.7 Å². The van der Waals surface area contributed by atoms with Crippen LogP contribution in [0.1, 0.15) is 20.8 Å². The Morgan fingerprint density at radius 2 is 1.29 bits per heavy atom. The van der Waals surface area contributed by atoms with Crippen molar-refractivity contribution in [3.63, 3.8) is 0 Å². The van der Waals surface area contributed by atoms with E-state index in [1.54, 1.807) is 0 Å². The third-order valence-electron chi connectivity index (χ3n) is 1.36. The van der Waals surface area contributed by atoms with Gasteiger partial charge in [0.15, 0.2) is 6.29 Å². The number of hydrogen-bond acceptors (Lipinski definition) is 6. The van der Waals surface area contributed by atoms with Crippen molar-refractivity contribution >= 4 is 17.9 Å². The fourth-order valence-electron chi connectivity index (χ4n) is 0.223. The van der Waals surface area contributed by atoms with Crippen LogP contribution in [0.25, 0.3) is 0 Å². The van der Waals surface area contributed by atoms with Crippen molar-refractivity contribution < 1.29 is 44.7 Å². The predicted octanol–water partition coefficient (Wildman–Crippen LogP) is 0.885. The van der Waals surface area contributed by atoms with Crippen molar-refractivity contribution in [2.24, 2.45) is 0 Å². The van der Waals surface area contributed by atoms with Gasteiger partial charge in [-0.25, -0.2) is 14.4 Å². The molecule has 5 N–H and O–H groups in total. The van der Waals surface area contributed by atoms with E-state index in [-0.39, 0.29) is 24.4 Å². The summed E-state index contributed by atoms with van der Waals surface area (Å²) in [5, 5.41) is 39.8. The molecule has 0 rings (SSSR count). The highest BCUT2D eigenvalue weighted by Gasteiger charge is 1.91. The lowest BCUT2D eigenvalue weighted by Crippen LogP contribution is -2.09. The third-order valence-corrected chi connectivity index (χ3v) is 1.36. The first-order valence-electron chi connectivity index (χ1n) is 6.36. The van der Waals surface area contributed by atoms with E-state index in [0.717, 1.165) is 6.08 Å². The van der Waals surface area contributed by atoms with Crippen LogP contribution >= 0.6 is 0 Å². The van der Waals surface area contributed by atoms with Gasteiger partial charge in [-0.05, 0) is 20.8 Å². The van der Waals surface area contributed by atoms with Crippen molar-refractivity contribution in [2.75, 3.05) is 13.2 Å². The highest BCUT2D eigenvalue weighted by atomic mass is 16.6.